The van der Waals surface area contributed by atoms with Gasteiger partial charge in [-0.3, -0.25) is 0 Å². The molecule has 0 aliphatic carbocycles. The predicted octanol–water partition coefficient (Wildman–Crippen LogP) is 29.8. The fraction of sp³-hybridized carbons (Fsp3) is 0.465. The minimum atomic E-state index is -0.622. The van der Waals surface area contributed by atoms with Crippen LogP contribution in [0.4, 0.5) is 13.2 Å². The van der Waals surface area contributed by atoms with Crippen LogP contribution < -0.4 is 0 Å². The normalized spacial score (nSPS) is 13.4. The Morgan fingerprint density at radius 2 is 0.549 bits per heavy atom. The number of aliphatic hydroxyl groups is 5. The standard InChI is InChI=1S/C13H20O.2C11H15ClO.C11H15Cl.2C11H15FO.C11H15F.C11H16O.C11H16/c1-10-6-8-11(9-7-10)12(14-5)13(2,3)4;1-11(2,3)10(13)8-4-6-9(12)7-5-8;1-11(2,3)10(13)8-5-4-6-9(12)7-8;1-11(2,3)8-9-5-4-6-10(12)7-9;1-11(2,3)10(13)8-4-6-9(12)7-5-8;1-11(2,3)10(13)8-5-4-6-9(12)7-8;1-11(2,3)8-9-5-4-6-10(12)7-9;1-11(2,3)10(12)9-7-5-4-6-8-9;1-11(2,3)9-10-7-5-4-6-8-10/h6-9,12H,1-5H3;2*4-7,10,13H,1-3H3;4-7H,8H2,1-3H3;2*4-7,10,13H,1-3H3;4-7H,8H2,1-3H3;4-8,10,12H,1-3H3;4-8H,9H2,1-3H3. The van der Waals surface area contributed by atoms with E-state index >= 15 is 0 Å². The number of methoxy groups -OCH3 is 1. The maximum atomic E-state index is 12.8. The Kier molecular flexibility index (Phi) is 44.0. The molecule has 0 aliphatic rings. The van der Waals surface area contributed by atoms with E-state index in [0.717, 1.165) is 52.1 Å². The Labute approximate surface area is 698 Å². The van der Waals surface area contributed by atoms with Crippen LogP contribution in [-0.2, 0) is 24.0 Å². The highest BCUT2D eigenvalue weighted by Gasteiger charge is 2.29. The van der Waals surface area contributed by atoms with E-state index in [1.54, 1.807) is 67.8 Å². The molecule has 9 aromatic rings. The van der Waals surface area contributed by atoms with Crippen LogP contribution in [0, 0.1) is 73.1 Å². The van der Waals surface area contributed by atoms with Gasteiger partial charge in [0.15, 0.2) is 0 Å². The molecule has 0 radical (unpaired) electrons. The van der Waals surface area contributed by atoms with Crippen LogP contribution in [0.25, 0.3) is 0 Å². The SMILES string of the molecule is CC(C)(C)C(O)c1ccc(Cl)cc1.CC(C)(C)C(O)c1ccc(F)cc1.CC(C)(C)C(O)c1cccc(Cl)c1.CC(C)(C)C(O)c1cccc(F)c1.CC(C)(C)C(O)c1ccccc1.CC(C)(C)Cc1cccc(Cl)c1.CC(C)(C)Cc1cccc(F)c1.CC(C)(C)Cc1ccccc1.COC(c1ccc(C)cc1)C(C)(C)C. The van der Waals surface area contributed by atoms with Gasteiger partial charge >= 0.3 is 0 Å². The summed E-state index contributed by atoms with van der Waals surface area (Å²) in [5.74, 6) is -0.720. The fourth-order valence-corrected chi connectivity index (χ4v) is 11.8. The first-order valence-electron chi connectivity index (χ1n) is 39.2. The molecule has 5 N–H and O–H groups in total. The Morgan fingerprint density at radius 3 is 0.894 bits per heavy atom. The third-order valence-electron chi connectivity index (χ3n) is 17.1. The average Bonchev–Trinajstić information content (AvgIpc) is 0.852. The summed E-state index contributed by atoms with van der Waals surface area (Å²) in [5.41, 5.74) is 10.8. The van der Waals surface area contributed by atoms with Gasteiger partial charge in [-0.25, -0.2) is 13.2 Å². The second-order valence-electron chi connectivity index (χ2n) is 39.3. The molecular formula is C101H142Cl3F3O6. The predicted molar refractivity (Wildman–Crippen MR) is 478 cm³/mol. The van der Waals surface area contributed by atoms with Gasteiger partial charge in [-0.1, -0.05) is 385 Å². The zero-order chi connectivity index (χ0) is 86.9. The number of aryl methyl sites for hydroxylation is 1. The minimum absolute atomic E-state index is 0.0820. The van der Waals surface area contributed by atoms with Crippen LogP contribution in [0.2, 0.25) is 15.1 Å². The highest BCUT2D eigenvalue weighted by atomic mass is 35.5. The number of hydrogen-bond donors (Lipinski definition) is 5. The zero-order valence-electron chi connectivity index (χ0n) is 73.9. The third-order valence-corrected chi connectivity index (χ3v) is 17.9. The highest BCUT2D eigenvalue weighted by molar-refractivity contribution is 6.31. The van der Waals surface area contributed by atoms with E-state index in [1.165, 1.54) is 52.6 Å². The Bertz CT molecular complexity index is 3870. The molecule has 6 atom stereocenters. The van der Waals surface area contributed by atoms with E-state index in [-0.39, 0.29) is 67.6 Å². The molecule has 0 bridgehead atoms. The smallest absolute Gasteiger partial charge is 0.123 e. The van der Waals surface area contributed by atoms with Gasteiger partial charge < -0.3 is 30.3 Å². The number of hydrogen-bond acceptors (Lipinski definition) is 6. The summed E-state index contributed by atoms with van der Waals surface area (Å²) >= 11 is 17.5. The molecule has 9 rings (SSSR count). The largest absolute Gasteiger partial charge is 0.388 e. The molecule has 12 heteroatoms. The number of aliphatic hydroxyl groups excluding tert-OH is 5. The van der Waals surface area contributed by atoms with Crippen molar-refractivity contribution in [3.63, 3.8) is 0 Å². The van der Waals surface area contributed by atoms with Crippen molar-refractivity contribution >= 4 is 34.8 Å². The van der Waals surface area contributed by atoms with E-state index in [1.807, 2.05) is 183 Å². The van der Waals surface area contributed by atoms with E-state index in [2.05, 4.69) is 151 Å². The summed E-state index contributed by atoms with van der Waals surface area (Å²) in [6, 6.07) is 70.6. The topological polar surface area (TPSA) is 110 Å². The second-order valence-corrected chi connectivity index (χ2v) is 40.6. The van der Waals surface area contributed by atoms with Gasteiger partial charge in [-0.05, 0) is 198 Å². The molecule has 6 unspecified atom stereocenters. The van der Waals surface area contributed by atoms with Gasteiger partial charge in [-0.15, -0.1) is 0 Å². The average molecular weight is 1620 g/mol. The molecule has 113 heavy (non-hydrogen) atoms. The van der Waals surface area contributed by atoms with Gasteiger partial charge in [-0.2, -0.15) is 0 Å². The third kappa shape index (κ3) is 46.1. The molecular weight excluding hydrogens is 1470 g/mol. The zero-order valence-corrected chi connectivity index (χ0v) is 76.2. The summed E-state index contributed by atoms with van der Waals surface area (Å²) in [6.45, 7) is 58.3. The molecule has 0 saturated heterocycles. The minimum Gasteiger partial charge on any atom is -0.388 e. The van der Waals surface area contributed by atoms with E-state index < -0.39 is 24.4 Å². The maximum absolute atomic E-state index is 12.8. The number of ether oxygens (including phenoxy) is 1. The fourth-order valence-electron chi connectivity index (χ4n) is 11.2. The van der Waals surface area contributed by atoms with Gasteiger partial charge in [0.25, 0.3) is 0 Å². The molecule has 9 aromatic carbocycles. The lowest BCUT2D eigenvalue weighted by Crippen LogP contribution is -2.19. The van der Waals surface area contributed by atoms with Crippen LogP contribution in [0.5, 0.6) is 0 Å². The quantitative estimate of drug-likeness (QED) is 0.0933. The van der Waals surface area contributed by atoms with Crippen molar-refractivity contribution in [2.75, 3.05) is 7.11 Å². The number of benzene rings is 9. The maximum Gasteiger partial charge on any atom is 0.123 e. The summed E-state index contributed by atoms with van der Waals surface area (Å²) in [6.07, 6.45) is 0.876. The molecule has 0 aromatic heterocycles. The van der Waals surface area contributed by atoms with Crippen molar-refractivity contribution in [1.29, 1.82) is 0 Å². The van der Waals surface area contributed by atoms with E-state index in [4.69, 9.17) is 39.5 Å². The summed E-state index contributed by atoms with van der Waals surface area (Å²) in [7, 11) is 1.77. The first kappa shape index (κ1) is 104. The lowest BCUT2D eigenvalue weighted by Gasteiger charge is -2.29. The first-order chi connectivity index (χ1) is 51.6. The Hall–Kier alpha value is -6.60. The van der Waals surface area contributed by atoms with Gasteiger partial charge in [0.2, 0.25) is 0 Å². The first-order valence-corrected chi connectivity index (χ1v) is 40.4. The summed E-state index contributed by atoms with van der Waals surface area (Å²) in [4.78, 5) is 0. The van der Waals surface area contributed by atoms with E-state index in [9.17, 15) is 38.7 Å². The molecule has 0 saturated carbocycles. The molecule has 0 spiro atoms. The van der Waals surface area contributed by atoms with Crippen LogP contribution >= 0.6 is 34.8 Å². The number of rotatable bonds is 10. The molecule has 0 aliphatic heterocycles. The van der Waals surface area contributed by atoms with E-state index in [0.29, 0.717) is 26.4 Å². The van der Waals surface area contributed by atoms with Gasteiger partial charge in [0.05, 0.1) is 36.6 Å². The molecule has 0 fully saturated rings. The van der Waals surface area contributed by atoms with Crippen molar-refractivity contribution in [1.82, 2.24) is 0 Å². The van der Waals surface area contributed by atoms with Crippen molar-refractivity contribution in [3.8, 4) is 0 Å². The van der Waals surface area contributed by atoms with Crippen molar-refractivity contribution < 1.29 is 43.4 Å². The lowest BCUT2D eigenvalue weighted by atomic mass is 9.84. The monoisotopic (exact) mass is 1610 g/mol. The summed E-state index contributed by atoms with van der Waals surface area (Å²) in [5, 5.41) is 51.5. The van der Waals surface area contributed by atoms with Crippen molar-refractivity contribution in [3.05, 3.63) is 319 Å². The van der Waals surface area contributed by atoms with Gasteiger partial charge in [0, 0.05) is 22.2 Å². The van der Waals surface area contributed by atoms with Crippen LogP contribution in [-0.4, -0.2) is 32.6 Å². The van der Waals surface area contributed by atoms with Crippen LogP contribution in [0.3, 0.4) is 0 Å². The van der Waals surface area contributed by atoms with Crippen molar-refractivity contribution in [2.45, 2.75) is 250 Å². The second kappa shape index (κ2) is 47.6. The number of halogens is 6. The van der Waals surface area contributed by atoms with Crippen LogP contribution in [0.1, 0.15) is 279 Å². The lowest BCUT2D eigenvalue weighted by molar-refractivity contribution is 0.0152. The Balaban J connectivity index is 0.000000636. The molecule has 0 heterocycles. The van der Waals surface area contributed by atoms with Crippen LogP contribution in [0.15, 0.2) is 231 Å². The Morgan fingerprint density at radius 1 is 0.265 bits per heavy atom. The summed E-state index contributed by atoms with van der Waals surface area (Å²) < 4.78 is 43.7. The van der Waals surface area contributed by atoms with Crippen molar-refractivity contribution in [2.24, 2.45) is 48.7 Å². The molecule has 6 nitrogen and oxygen atoms in total. The molecule has 624 valence electrons. The molecule has 0 amide bonds. The van der Waals surface area contributed by atoms with Gasteiger partial charge in [0.1, 0.15) is 17.5 Å². The highest BCUT2D eigenvalue weighted by Crippen LogP contribution is 2.39.